The first-order chi connectivity index (χ1) is 7.11. The van der Waals surface area contributed by atoms with E-state index in [2.05, 4.69) is 23.7 Å². The first-order valence-corrected chi connectivity index (χ1v) is 5.38. The van der Waals surface area contributed by atoms with E-state index >= 15 is 0 Å². The van der Waals surface area contributed by atoms with Crippen molar-refractivity contribution in [3.63, 3.8) is 0 Å². The zero-order valence-electron chi connectivity index (χ0n) is 9.86. The highest BCUT2D eigenvalue weighted by atomic mass is 16.2. The van der Waals surface area contributed by atoms with Gasteiger partial charge in [-0.3, -0.25) is 9.69 Å². The molecule has 1 amide bonds. The van der Waals surface area contributed by atoms with Gasteiger partial charge < -0.3 is 10.2 Å². The lowest BCUT2D eigenvalue weighted by Gasteiger charge is -2.43. The zero-order valence-corrected chi connectivity index (χ0v) is 9.86. The van der Waals surface area contributed by atoms with Crippen LogP contribution in [0, 0.1) is 0 Å². The molecule has 4 heteroatoms. The quantitative estimate of drug-likeness (QED) is 0.661. The summed E-state index contributed by atoms with van der Waals surface area (Å²) in [6.07, 6.45) is 1.86. The highest BCUT2D eigenvalue weighted by Gasteiger charge is 2.35. The number of rotatable bonds is 4. The second kappa shape index (κ2) is 5.28. The average Bonchev–Trinajstić information content (AvgIpc) is 2.20. The summed E-state index contributed by atoms with van der Waals surface area (Å²) in [5.74, 6) is 0.198. The number of hydrogen-bond acceptors (Lipinski definition) is 3. The van der Waals surface area contributed by atoms with Crippen LogP contribution in [0.5, 0.6) is 0 Å². The van der Waals surface area contributed by atoms with Gasteiger partial charge in [-0.2, -0.15) is 0 Å². The van der Waals surface area contributed by atoms with Gasteiger partial charge in [0.25, 0.3) is 0 Å². The summed E-state index contributed by atoms with van der Waals surface area (Å²) < 4.78 is 0. The Morgan fingerprint density at radius 3 is 2.87 bits per heavy atom. The number of nitrogens with one attached hydrogen (secondary N) is 1. The fraction of sp³-hybridized carbons (Fsp3) is 0.727. The van der Waals surface area contributed by atoms with Gasteiger partial charge in [-0.05, 0) is 14.0 Å². The molecule has 0 saturated carbocycles. The van der Waals surface area contributed by atoms with Crippen molar-refractivity contribution in [3.05, 3.63) is 12.7 Å². The van der Waals surface area contributed by atoms with Gasteiger partial charge >= 0.3 is 0 Å². The van der Waals surface area contributed by atoms with Crippen LogP contribution in [0.2, 0.25) is 0 Å². The number of nitrogens with zero attached hydrogens (tertiary/aromatic N) is 2. The van der Waals surface area contributed by atoms with Crippen LogP contribution in [-0.4, -0.2) is 61.5 Å². The Bertz CT molecular complexity index is 242. The fourth-order valence-electron chi connectivity index (χ4n) is 2.15. The molecule has 1 rings (SSSR count). The molecule has 2 atom stereocenters. The van der Waals surface area contributed by atoms with Gasteiger partial charge in [0, 0.05) is 32.7 Å². The largest absolute Gasteiger partial charge is 0.343 e. The molecule has 0 aromatic carbocycles. The molecule has 0 bridgehead atoms. The van der Waals surface area contributed by atoms with Gasteiger partial charge in [-0.25, -0.2) is 0 Å². The molecule has 1 aliphatic rings. The Hall–Kier alpha value is -0.870. The van der Waals surface area contributed by atoms with Crippen LogP contribution in [0.15, 0.2) is 12.7 Å². The average molecular weight is 211 g/mol. The summed E-state index contributed by atoms with van der Waals surface area (Å²) in [4.78, 5) is 16.0. The molecule has 15 heavy (non-hydrogen) atoms. The van der Waals surface area contributed by atoms with Crippen molar-refractivity contribution < 1.29 is 4.79 Å². The van der Waals surface area contributed by atoms with Crippen molar-refractivity contribution in [2.45, 2.75) is 19.0 Å². The zero-order chi connectivity index (χ0) is 11.4. The van der Waals surface area contributed by atoms with Crippen molar-refractivity contribution in [1.29, 1.82) is 0 Å². The normalized spacial score (nSPS) is 28.2. The van der Waals surface area contributed by atoms with Crippen LogP contribution in [0.3, 0.4) is 0 Å². The van der Waals surface area contributed by atoms with Gasteiger partial charge in [-0.15, -0.1) is 6.58 Å². The van der Waals surface area contributed by atoms with Crippen molar-refractivity contribution in [2.75, 3.05) is 33.7 Å². The molecular formula is C11H21N3O. The smallest absolute Gasteiger partial charge is 0.241 e. The third-order valence-electron chi connectivity index (χ3n) is 2.90. The maximum Gasteiger partial charge on any atom is 0.241 e. The van der Waals surface area contributed by atoms with Crippen LogP contribution in [0.25, 0.3) is 0 Å². The number of piperazine rings is 1. The lowest BCUT2D eigenvalue weighted by molar-refractivity contribution is -0.142. The molecule has 86 valence electrons. The van der Waals surface area contributed by atoms with Gasteiger partial charge in [0.2, 0.25) is 5.91 Å². The molecule has 0 aromatic heterocycles. The lowest BCUT2D eigenvalue weighted by atomic mass is 10.1. The Morgan fingerprint density at radius 2 is 2.33 bits per heavy atom. The molecule has 2 unspecified atom stereocenters. The molecule has 1 saturated heterocycles. The predicted octanol–water partition coefficient (Wildman–Crippen LogP) is -0.0771. The second-order valence-corrected chi connectivity index (χ2v) is 4.13. The second-order valence-electron chi connectivity index (χ2n) is 4.13. The fourth-order valence-corrected chi connectivity index (χ4v) is 2.15. The highest BCUT2D eigenvalue weighted by Crippen LogP contribution is 2.15. The van der Waals surface area contributed by atoms with Crippen molar-refractivity contribution in [2.24, 2.45) is 0 Å². The Balaban J connectivity index is 2.79. The molecular weight excluding hydrogens is 190 g/mol. The SMILES string of the molecule is C=CCN1C(C)CN(C)C(=O)C1CNC. The first kappa shape index (κ1) is 12.2. The van der Waals surface area contributed by atoms with Gasteiger partial charge in [0.05, 0.1) is 0 Å². The van der Waals surface area contributed by atoms with Crippen LogP contribution >= 0.6 is 0 Å². The highest BCUT2D eigenvalue weighted by molar-refractivity contribution is 5.82. The topological polar surface area (TPSA) is 35.6 Å². The maximum atomic E-state index is 12.0. The maximum absolute atomic E-state index is 12.0. The Labute approximate surface area is 91.9 Å². The summed E-state index contributed by atoms with van der Waals surface area (Å²) in [5, 5.41) is 3.07. The lowest BCUT2D eigenvalue weighted by Crippen LogP contribution is -2.62. The van der Waals surface area contributed by atoms with Crippen molar-refractivity contribution >= 4 is 5.91 Å². The Kier molecular flexibility index (Phi) is 4.29. The number of amides is 1. The molecule has 0 radical (unpaired) electrons. The van der Waals surface area contributed by atoms with Crippen LogP contribution in [0.1, 0.15) is 6.92 Å². The molecule has 1 N–H and O–H groups in total. The van der Waals surface area contributed by atoms with E-state index in [9.17, 15) is 4.79 Å². The minimum Gasteiger partial charge on any atom is -0.343 e. The van der Waals surface area contributed by atoms with Crippen LogP contribution in [-0.2, 0) is 4.79 Å². The van der Waals surface area contributed by atoms with E-state index in [4.69, 9.17) is 0 Å². The van der Waals surface area contributed by atoms with Crippen molar-refractivity contribution in [1.82, 2.24) is 15.1 Å². The van der Waals surface area contributed by atoms with E-state index in [1.165, 1.54) is 0 Å². The number of carbonyl (C=O) groups excluding carboxylic acids is 1. The molecule has 1 fully saturated rings. The Morgan fingerprint density at radius 1 is 1.67 bits per heavy atom. The number of likely N-dealkylation sites (N-methyl/N-ethyl adjacent to an activating group) is 2. The van der Waals surface area contributed by atoms with E-state index in [1.807, 2.05) is 25.1 Å². The first-order valence-electron chi connectivity index (χ1n) is 5.38. The monoisotopic (exact) mass is 211 g/mol. The van der Waals surface area contributed by atoms with Crippen molar-refractivity contribution in [3.8, 4) is 0 Å². The summed E-state index contributed by atoms with van der Waals surface area (Å²) in [5.41, 5.74) is 0. The summed E-state index contributed by atoms with van der Waals surface area (Å²) >= 11 is 0. The summed E-state index contributed by atoms with van der Waals surface area (Å²) in [6.45, 7) is 8.15. The molecule has 1 heterocycles. The minimum absolute atomic E-state index is 0.0539. The van der Waals surface area contributed by atoms with E-state index in [1.54, 1.807) is 0 Å². The molecule has 0 spiro atoms. The van der Waals surface area contributed by atoms with E-state index in [0.29, 0.717) is 12.6 Å². The molecule has 4 nitrogen and oxygen atoms in total. The summed E-state index contributed by atoms with van der Waals surface area (Å²) in [7, 11) is 3.74. The number of carbonyl (C=O) groups is 1. The van der Waals surface area contributed by atoms with E-state index in [0.717, 1.165) is 13.1 Å². The van der Waals surface area contributed by atoms with E-state index < -0.39 is 0 Å². The van der Waals surface area contributed by atoms with Crippen LogP contribution in [0.4, 0.5) is 0 Å². The van der Waals surface area contributed by atoms with Gasteiger partial charge in [0.15, 0.2) is 0 Å². The number of hydrogen-bond donors (Lipinski definition) is 1. The predicted molar refractivity (Wildman–Crippen MR) is 61.7 cm³/mol. The summed E-state index contributed by atoms with van der Waals surface area (Å²) in [6, 6.07) is 0.339. The third-order valence-corrected chi connectivity index (χ3v) is 2.90. The van der Waals surface area contributed by atoms with Gasteiger partial charge in [-0.1, -0.05) is 6.08 Å². The third kappa shape index (κ3) is 2.58. The molecule has 0 aliphatic carbocycles. The molecule has 0 aromatic rings. The molecule has 1 aliphatic heterocycles. The standard InChI is InChI=1S/C11H21N3O/c1-5-6-14-9(2)8-13(4)11(15)10(14)7-12-3/h5,9-10,12H,1,6-8H2,2-4H3. The minimum atomic E-state index is -0.0539. The van der Waals surface area contributed by atoms with Gasteiger partial charge in [0.1, 0.15) is 6.04 Å². The van der Waals surface area contributed by atoms with E-state index in [-0.39, 0.29) is 11.9 Å². The van der Waals surface area contributed by atoms with Crippen LogP contribution < -0.4 is 5.32 Å².